The summed E-state index contributed by atoms with van der Waals surface area (Å²) in [5, 5.41) is 0. The summed E-state index contributed by atoms with van der Waals surface area (Å²) in [7, 11) is 0. The molecule has 0 heterocycles. The Morgan fingerprint density at radius 1 is 1.42 bits per heavy atom. The topological polar surface area (TPSA) is 55.1 Å². The maximum Gasteiger partial charge on any atom is 0.248 e. The molecule has 4 heteroatoms. The molecule has 12 heavy (non-hydrogen) atoms. The third kappa shape index (κ3) is 2.46. The van der Waals surface area contributed by atoms with Gasteiger partial charge in [-0.2, -0.15) is 0 Å². The van der Waals surface area contributed by atoms with Crippen LogP contribution in [-0.2, 0) is 6.54 Å². The van der Waals surface area contributed by atoms with Gasteiger partial charge in [0.2, 0.25) is 5.91 Å². The predicted octanol–water partition coefficient (Wildman–Crippen LogP) is 1.23. The molecule has 1 rings (SSSR count). The lowest BCUT2D eigenvalue weighted by atomic mass is 10.1. The first-order chi connectivity index (χ1) is 5.74. The van der Waals surface area contributed by atoms with E-state index in [1.807, 2.05) is 12.1 Å². The average Bonchev–Trinajstić information content (AvgIpc) is 2.06. The second-order valence-corrected chi connectivity index (χ2v) is 3.13. The Morgan fingerprint density at radius 2 is 2.00 bits per heavy atom. The number of halogens is 1. The molecule has 0 aliphatic rings. The highest BCUT2D eigenvalue weighted by Crippen LogP contribution is 2.03. The van der Waals surface area contributed by atoms with Gasteiger partial charge in [0.25, 0.3) is 0 Å². The first-order valence-corrected chi connectivity index (χ1v) is 4.54. The molecule has 0 aromatic heterocycles. The van der Waals surface area contributed by atoms with Crippen molar-refractivity contribution in [3.8, 4) is 0 Å². The summed E-state index contributed by atoms with van der Waals surface area (Å²) in [4.78, 5) is 10.7. The zero-order valence-electron chi connectivity index (χ0n) is 6.38. The Bertz CT molecular complexity index is 271. The minimum atomic E-state index is -0.385. The molecule has 0 aliphatic heterocycles. The molecular weight excluding hydrogens is 267 g/mol. The fraction of sp³-hybridized carbons (Fsp3) is 0.125. The number of primary amides is 1. The highest BCUT2D eigenvalue weighted by molar-refractivity contribution is 14.1. The van der Waals surface area contributed by atoms with Crippen LogP contribution in [0.4, 0.5) is 0 Å². The number of rotatable bonds is 3. The maximum absolute atomic E-state index is 10.7. The van der Waals surface area contributed by atoms with Crippen LogP contribution in [0, 0.1) is 0 Å². The Balaban J connectivity index is 2.78. The lowest BCUT2D eigenvalue weighted by molar-refractivity contribution is 0.100. The molecule has 0 fully saturated rings. The fourth-order valence-electron chi connectivity index (χ4n) is 0.864. The molecule has 0 radical (unpaired) electrons. The lowest BCUT2D eigenvalue weighted by Gasteiger charge is -1.99. The highest BCUT2D eigenvalue weighted by atomic mass is 127. The van der Waals surface area contributed by atoms with E-state index in [1.165, 1.54) is 0 Å². The van der Waals surface area contributed by atoms with Crippen molar-refractivity contribution >= 4 is 28.8 Å². The highest BCUT2D eigenvalue weighted by Gasteiger charge is 1.98. The second kappa shape index (κ2) is 4.42. The van der Waals surface area contributed by atoms with Crippen LogP contribution in [0.2, 0.25) is 0 Å². The van der Waals surface area contributed by atoms with Crippen LogP contribution in [0.1, 0.15) is 15.9 Å². The Morgan fingerprint density at radius 3 is 2.42 bits per heavy atom. The molecule has 1 aromatic carbocycles. The Hall–Kier alpha value is -0.620. The molecular formula is C8H9IN2O. The van der Waals surface area contributed by atoms with E-state index in [-0.39, 0.29) is 5.91 Å². The van der Waals surface area contributed by atoms with Crippen LogP contribution in [0.15, 0.2) is 24.3 Å². The molecule has 0 aliphatic carbocycles. The molecule has 0 atom stereocenters. The summed E-state index contributed by atoms with van der Waals surface area (Å²) in [5.74, 6) is -0.385. The summed E-state index contributed by atoms with van der Waals surface area (Å²) in [6.45, 7) is 0.791. The van der Waals surface area contributed by atoms with Gasteiger partial charge >= 0.3 is 0 Å². The maximum atomic E-state index is 10.7. The van der Waals surface area contributed by atoms with E-state index < -0.39 is 0 Å². The molecule has 3 N–H and O–H groups in total. The van der Waals surface area contributed by atoms with E-state index in [0.29, 0.717) is 5.56 Å². The number of benzene rings is 1. The van der Waals surface area contributed by atoms with Crippen molar-refractivity contribution in [2.45, 2.75) is 6.54 Å². The van der Waals surface area contributed by atoms with E-state index in [9.17, 15) is 4.79 Å². The van der Waals surface area contributed by atoms with Crippen LogP contribution in [-0.4, -0.2) is 5.91 Å². The van der Waals surface area contributed by atoms with Gasteiger partial charge in [-0.05, 0) is 17.7 Å². The van der Waals surface area contributed by atoms with Gasteiger partial charge in [0.05, 0.1) is 0 Å². The standard InChI is InChI=1S/C8H9IN2O/c9-11-5-6-1-3-7(4-2-6)8(10)12/h1-4,11H,5H2,(H2,10,12). The summed E-state index contributed by atoms with van der Waals surface area (Å²) in [6.07, 6.45) is 0. The van der Waals surface area contributed by atoms with Crippen molar-refractivity contribution in [2.24, 2.45) is 5.73 Å². The Labute approximate surface area is 84.8 Å². The summed E-state index contributed by atoms with van der Waals surface area (Å²) < 4.78 is 2.99. The SMILES string of the molecule is NC(=O)c1ccc(CNI)cc1. The van der Waals surface area contributed by atoms with Crippen LogP contribution >= 0.6 is 22.9 Å². The van der Waals surface area contributed by atoms with Gasteiger partial charge in [0, 0.05) is 35.0 Å². The largest absolute Gasteiger partial charge is 0.366 e. The minimum Gasteiger partial charge on any atom is -0.366 e. The zero-order valence-corrected chi connectivity index (χ0v) is 8.54. The minimum absolute atomic E-state index is 0.385. The van der Waals surface area contributed by atoms with E-state index in [0.717, 1.165) is 12.1 Å². The molecule has 3 nitrogen and oxygen atoms in total. The van der Waals surface area contributed by atoms with Crippen LogP contribution in [0.3, 0.4) is 0 Å². The van der Waals surface area contributed by atoms with Crippen molar-refractivity contribution in [3.63, 3.8) is 0 Å². The summed E-state index contributed by atoms with van der Waals surface area (Å²) in [6, 6.07) is 7.22. The van der Waals surface area contributed by atoms with Crippen molar-refractivity contribution in [1.82, 2.24) is 3.53 Å². The first kappa shape index (κ1) is 9.47. The van der Waals surface area contributed by atoms with Gasteiger partial charge in [0.15, 0.2) is 0 Å². The van der Waals surface area contributed by atoms with Crippen molar-refractivity contribution in [2.75, 3.05) is 0 Å². The van der Waals surface area contributed by atoms with E-state index in [4.69, 9.17) is 5.73 Å². The van der Waals surface area contributed by atoms with Crippen molar-refractivity contribution < 1.29 is 4.79 Å². The third-order valence-electron chi connectivity index (χ3n) is 1.51. The monoisotopic (exact) mass is 276 g/mol. The van der Waals surface area contributed by atoms with Crippen LogP contribution in [0.25, 0.3) is 0 Å². The number of hydrogen-bond donors (Lipinski definition) is 2. The molecule has 0 saturated heterocycles. The van der Waals surface area contributed by atoms with E-state index in [2.05, 4.69) is 26.4 Å². The smallest absolute Gasteiger partial charge is 0.248 e. The average molecular weight is 276 g/mol. The van der Waals surface area contributed by atoms with E-state index >= 15 is 0 Å². The quantitative estimate of drug-likeness (QED) is 0.644. The Kier molecular flexibility index (Phi) is 3.48. The second-order valence-electron chi connectivity index (χ2n) is 2.37. The first-order valence-electron chi connectivity index (χ1n) is 3.46. The van der Waals surface area contributed by atoms with Gasteiger partial charge < -0.3 is 5.73 Å². The zero-order chi connectivity index (χ0) is 8.97. The number of carbonyl (C=O) groups is 1. The molecule has 1 amide bonds. The summed E-state index contributed by atoms with van der Waals surface area (Å²) >= 11 is 2.07. The van der Waals surface area contributed by atoms with Gasteiger partial charge in [-0.15, -0.1) is 0 Å². The van der Waals surface area contributed by atoms with Crippen LogP contribution < -0.4 is 9.26 Å². The number of carbonyl (C=O) groups excluding carboxylic acids is 1. The van der Waals surface area contributed by atoms with Crippen molar-refractivity contribution in [3.05, 3.63) is 35.4 Å². The number of hydrogen-bond acceptors (Lipinski definition) is 2. The van der Waals surface area contributed by atoms with Gasteiger partial charge in [0.1, 0.15) is 0 Å². The fourth-order valence-corrected chi connectivity index (χ4v) is 1.30. The lowest BCUT2D eigenvalue weighted by Crippen LogP contribution is -2.10. The molecule has 0 unspecified atom stereocenters. The number of nitrogens with two attached hydrogens (primary N) is 1. The number of nitrogens with one attached hydrogen (secondary N) is 1. The summed E-state index contributed by atoms with van der Waals surface area (Å²) in [5.41, 5.74) is 6.76. The van der Waals surface area contributed by atoms with Crippen LogP contribution in [0.5, 0.6) is 0 Å². The third-order valence-corrected chi connectivity index (χ3v) is 1.89. The van der Waals surface area contributed by atoms with Gasteiger partial charge in [-0.3, -0.25) is 8.32 Å². The molecule has 0 saturated carbocycles. The van der Waals surface area contributed by atoms with Gasteiger partial charge in [-0.25, -0.2) is 0 Å². The molecule has 0 spiro atoms. The predicted molar refractivity (Wildman–Crippen MR) is 55.8 cm³/mol. The number of amides is 1. The molecule has 0 bridgehead atoms. The normalized spacial score (nSPS) is 9.75. The van der Waals surface area contributed by atoms with Gasteiger partial charge in [-0.1, -0.05) is 12.1 Å². The van der Waals surface area contributed by atoms with Crippen molar-refractivity contribution in [1.29, 1.82) is 0 Å². The van der Waals surface area contributed by atoms with E-state index in [1.54, 1.807) is 12.1 Å². The molecule has 64 valence electrons. The molecule has 1 aromatic rings.